The average Bonchev–Trinajstić information content (AvgIpc) is 3.43. The number of carbonyl (C=O) groups excluding carboxylic acids is 1. The quantitative estimate of drug-likeness (QED) is 0.516. The van der Waals surface area contributed by atoms with Gasteiger partial charge in [-0.3, -0.25) is 9.78 Å². The molecular formula is C25H24N4O. The van der Waals surface area contributed by atoms with Crippen molar-refractivity contribution in [2.24, 2.45) is 0 Å². The highest BCUT2D eigenvalue weighted by molar-refractivity contribution is 6.06. The SMILES string of the molecule is Cc1ccc(-c2c[nH]c(C3CCCN3C(=O)c3nccc4c(C)cccc34)n2)cc1. The first-order valence-electron chi connectivity index (χ1n) is 10.4. The number of nitrogens with one attached hydrogen (secondary N) is 1. The molecule has 0 spiro atoms. The lowest BCUT2D eigenvalue weighted by atomic mass is 10.0. The molecule has 1 N–H and O–H groups in total. The highest BCUT2D eigenvalue weighted by atomic mass is 16.2. The zero-order chi connectivity index (χ0) is 20.7. The van der Waals surface area contributed by atoms with Crippen molar-refractivity contribution in [2.75, 3.05) is 6.54 Å². The third-order valence-electron chi connectivity index (χ3n) is 6.00. The van der Waals surface area contributed by atoms with Gasteiger partial charge in [0.2, 0.25) is 0 Å². The second-order valence-corrected chi connectivity index (χ2v) is 8.02. The van der Waals surface area contributed by atoms with E-state index in [1.807, 2.05) is 29.3 Å². The minimum Gasteiger partial charge on any atom is -0.346 e. The minimum atomic E-state index is -0.0569. The number of rotatable bonds is 3. The first kappa shape index (κ1) is 18.6. The van der Waals surface area contributed by atoms with E-state index in [9.17, 15) is 4.79 Å². The summed E-state index contributed by atoms with van der Waals surface area (Å²) < 4.78 is 0. The fourth-order valence-electron chi connectivity index (χ4n) is 4.34. The van der Waals surface area contributed by atoms with Gasteiger partial charge in [-0.25, -0.2) is 4.98 Å². The first-order valence-corrected chi connectivity index (χ1v) is 10.4. The molecule has 1 aliphatic heterocycles. The van der Waals surface area contributed by atoms with Gasteiger partial charge in [-0.2, -0.15) is 0 Å². The molecule has 1 saturated heterocycles. The number of pyridine rings is 1. The van der Waals surface area contributed by atoms with Gasteiger partial charge in [-0.15, -0.1) is 0 Å². The van der Waals surface area contributed by atoms with Crippen LogP contribution in [0.4, 0.5) is 0 Å². The number of aryl methyl sites for hydroxylation is 2. The number of benzene rings is 2. The Morgan fingerprint density at radius 2 is 1.90 bits per heavy atom. The van der Waals surface area contributed by atoms with Crippen molar-refractivity contribution in [3.63, 3.8) is 0 Å². The second kappa shape index (κ2) is 7.41. The molecule has 1 amide bonds. The number of hydrogen-bond donors (Lipinski definition) is 1. The summed E-state index contributed by atoms with van der Waals surface area (Å²) in [5.74, 6) is 0.815. The summed E-state index contributed by atoms with van der Waals surface area (Å²) in [4.78, 5) is 28.0. The lowest BCUT2D eigenvalue weighted by Crippen LogP contribution is -2.31. The van der Waals surface area contributed by atoms with Crippen molar-refractivity contribution in [3.8, 4) is 11.3 Å². The first-order chi connectivity index (χ1) is 14.6. The van der Waals surface area contributed by atoms with Crippen molar-refractivity contribution >= 4 is 16.7 Å². The van der Waals surface area contributed by atoms with Gasteiger partial charge < -0.3 is 9.88 Å². The molecule has 5 heteroatoms. The second-order valence-electron chi connectivity index (χ2n) is 8.02. The average molecular weight is 396 g/mol. The van der Waals surface area contributed by atoms with E-state index in [0.717, 1.165) is 46.3 Å². The standard InChI is InChI=1S/C25H24N4O/c1-16-8-10-18(11-9-16)21-15-27-24(28-21)22-7-4-14-29(22)25(30)23-20-6-3-5-17(2)19(20)12-13-26-23/h3,5-6,8-13,15,22H,4,7,14H2,1-2H3,(H,27,28). The van der Waals surface area contributed by atoms with E-state index in [-0.39, 0.29) is 11.9 Å². The maximum Gasteiger partial charge on any atom is 0.273 e. The predicted molar refractivity (Wildman–Crippen MR) is 118 cm³/mol. The van der Waals surface area contributed by atoms with Gasteiger partial charge in [0.15, 0.2) is 0 Å². The number of fused-ring (bicyclic) bond motifs is 1. The fraction of sp³-hybridized carbons (Fsp3) is 0.240. The predicted octanol–water partition coefficient (Wildman–Crippen LogP) is 5.22. The number of aromatic nitrogens is 3. The molecule has 30 heavy (non-hydrogen) atoms. The largest absolute Gasteiger partial charge is 0.346 e. The molecule has 5 rings (SSSR count). The van der Waals surface area contributed by atoms with Crippen molar-refractivity contribution in [1.82, 2.24) is 19.9 Å². The third kappa shape index (κ3) is 3.16. The van der Waals surface area contributed by atoms with Gasteiger partial charge in [0.1, 0.15) is 11.5 Å². The van der Waals surface area contributed by atoms with E-state index in [2.05, 4.69) is 54.1 Å². The van der Waals surface area contributed by atoms with Crippen LogP contribution in [0.3, 0.4) is 0 Å². The molecule has 1 fully saturated rings. The van der Waals surface area contributed by atoms with Gasteiger partial charge in [0, 0.05) is 29.9 Å². The summed E-state index contributed by atoms with van der Waals surface area (Å²) in [6, 6.07) is 16.3. The molecule has 0 aliphatic carbocycles. The van der Waals surface area contributed by atoms with Gasteiger partial charge in [0.25, 0.3) is 5.91 Å². The summed E-state index contributed by atoms with van der Waals surface area (Å²) in [6.45, 7) is 4.85. The van der Waals surface area contributed by atoms with Gasteiger partial charge in [-0.1, -0.05) is 48.0 Å². The van der Waals surface area contributed by atoms with Crippen LogP contribution in [0.2, 0.25) is 0 Å². The molecule has 0 bridgehead atoms. The van der Waals surface area contributed by atoms with Crippen molar-refractivity contribution in [2.45, 2.75) is 32.7 Å². The van der Waals surface area contributed by atoms with E-state index in [4.69, 9.17) is 4.98 Å². The normalized spacial score (nSPS) is 16.3. The molecule has 1 atom stereocenters. The highest BCUT2D eigenvalue weighted by Gasteiger charge is 2.33. The lowest BCUT2D eigenvalue weighted by Gasteiger charge is -2.23. The maximum absolute atomic E-state index is 13.5. The van der Waals surface area contributed by atoms with Crippen molar-refractivity contribution in [3.05, 3.63) is 83.6 Å². The Morgan fingerprint density at radius 3 is 2.73 bits per heavy atom. The molecule has 1 aliphatic rings. The molecular weight excluding hydrogens is 372 g/mol. The monoisotopic (exact) mass is 396 g/mol. The van der Waals surface area contributed by atoms with E-state index in [1.165, 1.54) is 5.56 Å². The topological polar surface area (TPSA) is 61.9 Å². The van der Waals surface area contributed by atoms with Crippen LogP contribution in [0.5, 0.6) is 0 Å². The van der Waals surface area contributed by atoms with Crippen LogP contribution in [0.15, 0.2) is 60.9 Å². The van der Waals surface area contributed by atoms with Crippen LogP contribution in [-0.2, 0) is 0 Å². The molecule has 3 heterocycles. The highest BCUT2D eigenvalue weighted by Crippen LogP contribution is 2.33. The maximum atomic E-state index is 13.5. The summed E-state index contributed by atoms with van der Waals surface area (Å²) in [7, 11) is 0. The molecule has 150 valence electrons. The lowest BCUT2D eigenvalue weighted by molar-refractivity contribution is 0.0726. The Kier molecular flexibility index (Phi) is 4.58. The van der Waals surface area contributed by atoms with Gasteiger partial charge >= 0.3 is 0 Å². The van der Waals surface area contributed by atoms with E-state index >= 15 is 0 Å². The smallest absolute Gasteiger partial charge is 0.273 e. The number of nitrogens with zero attached hydrogens (tertiary/aromatic N) is 3. The Morgan fingerprint density at radius 1 is 1.07 bits per heavy atom. The van der Waals surface area contributed by atoms with E-state index < -0.39 is 0 Å². The Labute approximate surface area is 175 Å². The Hall–Kier alpha value is -3.47. The van der Waals surface area contributed by atoms with Crippen LogP contribution in [0, 0.1) is 13.8 Å². The number of H-pyrrole nitrogens is 1. The summed E-state index contributed by atoms with van der Waals surface area (Å²) in [5.41, 5.74) is 4.87. The Bertz CT molecular complexity index is 1230. The number of likely N-dealkylation sites (tertiary alicyclic amines) is 1. The number of amides is 1. The zero-order valence-corrected chi connectivity index (χ0v) is 17.2. The van der Waals surface area contributed by atoms with Crippen LogP contribution in [0.1, 0.15) is 46.3 Å². The molecule has 5 nitrogen and oxygen atoms in total. The van der Waals surface area contributed by atoms with Gasteiger partial charge in [0.05, 0.1) is 11.7 Å². The van der Waals surface area contributed by atoms with Crippen LogP contribution in [-0.4, -0.2) is 32.3 Å². The van der Waals surface area contributed by atoms with Crippen LogP contribution >= 0.6 is 0 Å². The Balaban J connectivity index is 1.47. The number of aromatic amines is 1. The summed E-state index contributed by atoms with van der Waals surface area (Å²) in [6.07, 6.45) is 5.52. The molecule has 2 aromatic heterocycles. The zero-order valence-electron chi connectivity index (χ0n) is 17.2. The molecule has 1 unspecified atom stereocenters. The van der Waals surface area contributed by atoms with Crippen LogP contribution in [0.25, 0.3) is 22.0 Å². The molecule has 2 aromatic carbocycles. The molecule has 0 radical (unpaired) electrons. The van der Waals surface area contributed by atoms with E-state index in [0.29, 0.717) is 12.2 Å². The number of carbonyl (C=O) groups is 1. The van der Waals surface area contributed by atoms with Gasteiger partial charge in [-0.05, 0) is 43.7 Å². The molecule has 4 aromatic rings. The number of hydrogen-bond acceptors (Lipinski definition) is 3. The van der Waals surface area contributed by atoms with Crippen LogP contribution < -0.4 is 0 Å². The summed E-state index contributed by atoms with van der Waals surface area (Å²) >= 11 is 0. The third-order valence-corrected chi connectivity index (χ3v) is 6.00. The van der Waals surface area contributed by atoms with Crippen molar-refractivity contribution in [1.29, 1.82) is 0 Å². The number of imidazole rings is 1. The summed E-state index contributed by atoms with van der Waals surface area (Å²) in [5, 5.41) is 1.99. The fourth-order valence-corrected chi connectivity index (χ4v) is 4.34. The minimum absolute atomic E-state index is 0.0259. The molecule has 0 saturated carbocycles. The van der Waals surface area contributed by atoms with Crippen molar-refractivity contribution < 1.29 is 4.79 Å². The van der Waals surface area contributed by atoms with E-state index in [1.54, 1.807) is 6.20 Å².